The van der Waals surface area contributed by atoms with Crippen LogP contribution >= 0.6 is 11.8 Å². The Morgan fingerprint density at radius 2 is 1.79 bits per heavy atom. The van der Waals surface area contributed by atoms with Crippen LogP contribution in [0.2, 0.25) is 0 Å². The molecule has 9 heteroatoms. The Hall–Kier alpha value is -3.85. The smallest absolute Gasteiger partial charge is 0.252 e. The zero-order valence-corrected chi connectivity index (χ0v) is 18.9. The Labute approximate surface area is 195 Å². The number of benzene rings is 3. The van der Waals surface area contributed by atoms with Crippen LogP contribution in [-0.4, -0.2) is 46.4 Å². The molecule has 1 amide bonds. The number of amides is 1. The Morgan fingerprint density at radius 1 is 1.00 bits per heavy atom. The number of para-hydroxylation sites is 1. The van der Waals surface area contributed by atoms with Crippen molar-refractivity contribution in [1.82, 2.24) is 25.5 Å². The van der Waals surface area contributed by atoms with Gasteiger partial charge in [-0.2, -0.15) is 4.68 Å². The third kappa shape index (κ3) is 5.89. The number of hydrogen-bond acceptors (Lipinski definition) is 7. The van der Waals surface area contributed by atoms with Crippen molar-refractivity contribution >= 4 is 17.7 Å². The van der Waals surface area contributed by atoms with Gasteiger partial charge in [0, 0.05) is 11.0 Å². The van der Waals surface area contributed by atoms with Crippen LogP contribution in [0.3, 0.4) is 0 Å². The number of aromatic nitrogens is 4. The highest BCUT2D eigenvalue weighted by atomic mass is 32.2. The lowest BCUT2D eigenvalue weighted by Crippen LogP contribution is -2.28. The van der Waals surface area contributed by atoms with Crippen molar-refractivity contribution in [2.75, 3.05) is 20.3 Å². The van der Waals surface area contributed by atoms with Crippen molar-refractivity contribution < 1.29 is 14.3 Å². The van der Waals surface area contributed by atoms with Gasteiger partial charge in [0.25, 0.3) is 5.91 Å². The van der Waals surface area contributed by atoms with Gasteiger partial charge >= 0.3 is 0 Å². The van der Waals surface area contributed by atoms with Crippen LogP contribution in [0.15, 0.2) is 83.8 Å². The number of hydrogen-bond donors (Lipinski definition) is 1. The van der Waals surface area contributed by atoms with Crippen LogP contribution in [0.25, 0.3) is 5.69 Å². The minimum atomic E-state index is -0.157. The zero-order valence-electron chi connectivity index (χ0n) is 18.0. The highest BCUT2D eigenvalue weighted by Crippen LogP contribution is 2.26. The van der Waals surface area contributed by atoms with Gasteiger partial charge in [-0.15, -0.1) is 16.9 Å². The Morgan fingerprint density at radius 3 is 2.64 bits per heavy atom. The number of carbonyl (C=O) groups excluding carboxylic acids is 1. The number of carbonyl (C=O) groups is 1. The first-order valence-electron chi connectivity index (χ1n) is 10.3. The van der Waals surface area contributed by atoms with Crippen molar-refractivity contribution in [1.29, 1.82) is 0 Å². The number of nitrogens with zero attached hydrogens (tertiary/aromatic N) is 4. The van der Waals surface area contributed by atoms with Gasteiger partial charge in [0.15, 0.2) is 5.82 Å². The fraction of sp³-hybridized carbons (Fsp3) is 0.167. The van der Waals surface area contributed by atoms with Gasteiger partial charge in [-0.25, -0.2) is 0 Å². The molecule has 0 saturated carbocycles. The van der Waals surface area contributed by atoms with Crippen molar-refractivity contribution in [3.05, 3.63) is 90.3 Å². The zero-order chi connectivity index (χ0) is 22.9. The maximum absolute atomic E-state index is 12.8. The standard InChI is InChI=1S/C24H23N5O3S/c1-31-19-10-7-11-20(16-19)32-15-14-25-24(30)21-12-5-6-13-22(21)33-17-23-26-27-28-29(23)18-8-3-2-4-9-18/h2-13,16H,14-15,17H2,1H3,(H,25,30). The molecule has 0 saturated heterocycles. The number of nitrogens with one attached hydrogen (secondary N) is 1. The van der Waals surface area contributed by atoms with E-state index in [1.807, 2.05) is 66.7 Å². The van der Waals surface area contributed by atoms with Crippen molar-refractivity contribution in [3.63, 3.8) is 0 Å². The topological polar surface area (TPSA) is 91.2 Å². The second-order valence-electron chi connectivity index (χ2n) is 6.91. The normalized spacial score (nSPS) is 10.6. The number of tetrazole rings is 1. The molecule has 4 rings (SSSR count). The van der Waals surface area contributed by atoms with Crippen LogP contribution < -0.4 is 14.8 Å². The lowest BCUT2D eigenvalue weighted by molar-refractivity contribution is 0.0944. The lowest BCUT2D eigenvalue weighted by atomic mass is 10.2. The second kappa shape index (κ2) is 11.1. The molecular formula is C24H23N5O3S. The molecule has 1 heterocycles. The first kappa shape index (κ1) is 22.3. The monoisotopic (exact) mass is 461 g/mol. The number of methoxy groups -OCH3 is 1. The van der Waals surface area contributed by atoms with Gasteiger partial charge in [0.1, 0.15) is 18.1 Å². The van der Waals surface area contributed by atoms with Crippen molar-refractivity contribution in [3.8, 4) is 17.2 Å². The van der Waals surface area contributed by atoms with Gasteiger partial charge < -0.3 is 14.8 Å². The van der Waals surface area contributed by atoms with E-state index in [9.17, 15) is 4.79 Å². The van der Waals surface area contributed by atoms with Crippen LogP contribution in [0.1, 0.15) is 16.2 Å². The fourth-order valence-corrected chi connectivity index (χ4v) is 4.06. The molecule has 8 nitrogen and oxygen atoms in total. The number of thioether (sulfide) groups is 1. The van der Waals surface area contributed by atoms with E-state index in [1.165, 1.54) is 11.8 Å². The summed E-state index contributed by atoms with van der Waals surface area (Å²) in [6.45, 7) is 0.724. The van der Waals surface area contributed by atoms with E-state index < -0.39 is 0 Å². The molecular weight excluding hydrogens is 438 g/mol. The molecule has 0 unspecified atom stereocenters. The average molecular weight is 462 g/mol. The summed E-state index contributed by atoms with van der Waals surface area (Å²) in [5.74, 6) is 2.48. The predicted molar refractivity (Wildman–Crippen MR) is 126 cm³/mol. The van der Waals surface area contributed by atoms with E-state index in [-0.39, 0.29) is 5.91 Å². The van der Waals surface area contributed by atoms with Gasteiger partial charge in [-0.1, -0.05) is 36.4 Å². The third-order valence-corrected chi connectivity index (χ3v) is 5.79. The second-order valence-corrected chi connectivity index (χ2v) is 7.93. The van der Waals surface area contributed by atoms with E-state index >= 15 is 0 Å². The molecule has 3 aromatic carbocycles. The molecule has 168 valence electrons. The molecule has 1 N–H and O–H groups in total. The summed E-state index contributed by atoms with van der Waals surface area (Å²) >= 11 is 1.51. The fourth-order valence-electron chi connectivity index (χ4n) is 3.11. The van der Waals surface area contributed by atoms with Gasteiger partial charge in [-0.3, -0.25) is 4.79 Å². The van der Waals surface area contributed by atoms with Gasteiger partial charge in [0.2, 0.25) is 0 Å². The van der Waals surface area contributed by atoms with Gasteiger partial charge in [0.05, 0.1) is 30.7 Å². The largest absolute Gasteiger partial charge is 0.497 e. The molecule has 0 spiro atoms. The summed E-state index contributed by atoms with van der Waals surface area (Å²) in [5, 5.41) is 14.9. The van der Waals surface area contributed by atoms with Crippen molar-refractivity contribution in [2.45, 2.75) is 10.6 Å². The van der Waals surface area contributed by atoms with Crippen LogP contribution in [0.4, 0.5) is 0 Å². The summed E-state index contributed by atoms with van der Waals surface area (Å²) in [7, 11) is 1.61. The molecule has 0 aliphatic heterocycles. The summed E-state index contributed by atoms with van der Waals surface area (Å²) in [6, 6.07) is 24.5. The molecule has 0 aliphatic rings. The van der Waals surface area contributed by atoms with Crippen LogP contribution in [0.5, 0.6) is 11.5 Å². The molecule has 1 aromatic heterocycles. The first-order valence-corrected chi connectivity index (χ1v) is 11.3. The summed E-state index contributed by atoms with van der Waals surface area (Å²) in [4.78, 5) is 13.6. The molecule has 4 aromatic rings. The molecule has 0 bridgehead atoms. The number of rotatable bonds is 10. The first-order chi connectivity index (χ1) is 16.2. The molecule has 33 heavy (non-hydrogen) atoms. The van der Waals surface area contributed by atoms with Gasteiger partial charge in [-0.05, 0) is 46.8 Å². The molecule has 0 aliphatic carbocycles. The van der Waals surface area contributed by atoms with E-state index in [0.717, 1.165) is 16.3 Å². The maximum Gasteiger partial charge on any atom is 0.252 e. The summed E-state index contributed by atoms with van der Waals surface area (Å²) in [5.41, 5.74) is 1.49. The highest BCUT2D eigenvalue weighted by Gasteiger charge is 2.14. The van der Waals surface area contributed by atoms with E-state index in [0.29, 0.717) is 36.0 Å². The van der Waals surface area contributed by atoms with Crippen LogP contribution in [0, 0.1) is 0 Å². The lowest BCUT2D eigenvalue weighted by Gasteiger charge is -2.11. The number of ether oxygens (including phenoxy) is 2. The maximum atomic E-state index is 12.8. The Balaban J connectivity index is 1.34. The van der Waals surface area contributed by atoms with E-state index in [4.69, 9.17) is 9.47 Å². The summed E-state index contributed by atoms with van der Waals surface area (Å²) < 4.78 is 12.6. The third-order valence-electron chi connectivity index (χ3n) is 4.72. The molecule has 0 fully saturated rings. The van der Waals surface area contributed by atoms with E-state index in [2.05, 4.69) is 20.8 Å². The Bertz CT molecular complexity index is 1200. The molecule has 0 radical (unpaired) electrons. The van der Waals surface area contributed by atoms with Crippen molar-refractivity contribution in [2.24, 2.45) is 0 Å². The molecule has 0 atom stereocenters. The minimum Gasteiger partial charge on any atom is -0.497 e. The quantitative estimate of drug-likeness (QED) is 0.284. The SMILES string of the molecule is COc1cccc(OCCNC(=O)c2ccccc2SCc2nnnn2-c2ccccc2)c1. The average Bonchev–Trinajstić information content (AvgIpc) is 3.35. The predicted octanol–water partition coefficient (Wildman–Crippen LogP) is 3.77. The van der Waals surface area contributed by atoms with Crippen LogP contribution in [-0.2, 0) is 5.75 Å². The highest BCUT2D eigenvalue weighted by molar-refractivity contribution is 7.98. The van der Waals surface area contributed by atoms with E-state index in [1.54, 1.807) is 23.9 Å². The minimum absolute atomic E-state index is 0.157. The summed E-state index contributed by atoms with van der Waals surface area (Å²) in [6.07, 6.45) is 0. The Kier molecular flexibility index (Phi) is 7.55.